The van der Waals surface area contributed by atoms with Crippen molar-refractivity contribution in [3.05, 3.63) is 107 Å². The first kappa shape index (κ1) is 22.5. The van der Waals surface area contributed by atoms with Gasteiger partial charge in [-0.3, -0.25) is 0 Å². The van der Waals surface area contributed by atoms with E-state index in [-0.39, 0.29) is 5.75 Å². The fourth-order valence-electron chi connectivity index (χ4n) is 3.55. The SMILES string of the molecule is Cc1ccc(Oc2ccc(-c3ccc(Oc4ccc(C)cc4C(F)(F)F)cc3)cc2)c(C)c1. The number of rotatable bonds is 5. The number of hydrogen-bond acceptors (Lipinski definition) is 2. The van der Waals surface area contributed by atoms with E-state index in [1.807, 2.05) is 62.4 Å². The Balaban J connectivity index is 1.49. The molecule has 33 heavy (non-hydrogen) atoms. The number of hydrogen-bond donors (Lipinski definition) is 0. The van der Waals surface area contributed by atoms with Crippen LogP contribution >= 0.6 is 0 Å². The molecule has 4 rings (SSSR count). The minimum absolute atomic E-state index is 0.214. The molecule has 0 amide bonds. The largest absolute Gasteiger partial charge is 0.457 e. The molecule has 0 radical (unpaired) electrons. The van der Waals surface area contributed by atoms with Crippen molar-refractivity contribution >= 4 is 0 Å². The quantitative estimate of drug-likeness (QED) is 0.303. The standard InChI is InChI=1S/C28H23F3O2/c1-18-4-14-26(20(3)16-18)32-23-10-6-21(7-11-23)22-8-12-24(13-9-22)33-27-15-5-19(2)17-25(27)28(29,30)31/h4-17H,1-3H3. The van der Waals surface area contributed by atoms with Crippen molar-refractivity contribution in [1.29, 1.82) is 0 Å². The van der Waals surface area contributed by atoms with Crippen LogP contribution in [0.1, 0.15) is 22.3 Å². The van der Waals surface area contributed by atoms with Gasteiger partial charge in [0.1, 0.15) is 23.0 Å². The lowest BCUT2D eigenvalue weighted by Gasteiger charge is -2.15. The third-order valence-electron chi connectivity index (χ3n) is 5.27. The van der Waals surface area contributed by atoms with Gasteiger partial charge in [-0.25, -0.2) is 0 Å². The maximum absolute atomic E-state index is 13.3. The predicted octanol–water partition coefficient (Wildman–Crippen LogP) is 8.88. The number of halogens is 3. The second-order valence-electron chi connectivity index (χ2n) is 8.02. The summed E-state index contributed by atoms with van der Waals surface area (Å²) in [6.07, 6.45) is -4.48. The van der Waals surface area contributed by atoms with E-state index >= 15 is 0 Å². The average Bonchev–Trinajstić information content (AvgIpc) is 2.77. The summed E-state index contributed by atoms with van der Waals surface area (Å²) in [5.41, 5.74) is 3.86. The Hall–Kier alpha value is -3.73. The van der Waals surface area contributed by atoms with Gasteiger partial charge in [0.2, 0.25) is 0 Å². The molecule has 0 aromatic heterocycles. The van der Waals surface area contributed by atoms with Crippen LogP contribution < -0.4 is 9.47 Å². The molecule has 0 heterocycles. The smallest absolute Gasteiger partial charge is 0.419 e. The van der Waals surface area contributed by atoms with Crippen LogP contribution in [0.2, 0.25) is 0 Å². The monoisotopic (exact) mass is 448 g/mol. The van der Waals surface area contributed by atoms with Crippen LogP contribution in [0.4, 0.5) is 13.2 Å². The highest BCUT2D eigenvalue weighted by Gasteiger charge is 2.34. The Morgan fingerprint density at radius 1 is 0.545 bits per heavy atom. The van der Waals surface area contributed by atoms with Gasteiger partial charge in [0.25, 0.3) is 0 Å². The van der Waals surface area contributed by atoms with Crippen molar-refractivity contribution in [1.82, 2.24) is 0 Å². The molecule has 168 valence electrons. The first-order valence-corrected chi connectivity index (χ1v) is 10.5. The molecule has 4 aromatic rings. The van der Waals surface area contributed by atoms with Gasteiger partial charge in [-0.1, -0.05) is 53.6 Å². The van der Waals surface area contributed by atoms with Gasteiger partial charge in [0.05, 0.1) is 5.56 Å². The van der Waals surface area contributed by atoms with E-state index in [9.17, 15) is 13.2 Å². The Kier molecular flexibility index (Phi) is 6.14. The summed E-state index contributed by atoms with van der Waals surface area (Å²) in [6, 6.07) is 24.7. The van der Waals surface area contributed by atoms with Gasteiger partial charge in [0, 0.05) is 0 Å². The number of aryl methyl sites for hydroxylation is 3. The lowest BCUT2D eigenvalue weighted by molar-refractivity contribution is -0.138. The highest BCUT2D eigenvalue weighted by Crippen LogP contribution is 2.39. The van der Waals surface area contributed by atoms with Crippen molar-refractivity contribution in [3.8, 4) is 34.1 Å². The van der Waals surface area contributed by atoms with E-state index in [2.05, 4.69) is 6.07 Å². The maximum atomic E-state index is 13.3. The zero-order chi connectivity index (χ0) is 23.6. The van der Waals surface area contributed by atoms with E-state index in [4.69, 9.17) is 9.47 Å². The summed E-state index contributed by atoms with van der Waals surface area (Å²) < 4.78 is 51.5. The summed E-state index contributed by atoms with van der Waals surface area (Å²) in [4.78, 5) is 0. The lowest BCUT2D eigenvalue weighted by Crippen LogP contribution is -2.07. The van der Waals surface area contributed by atoms with Gasteiger partial charge in [-0.15, -0.1) is 0 Å². The van der Waals surface area contributed by atoms with Crippen molar-refractivity contribution < 1.29 is 22.6 Å². The summed E-state index contributed by atoms with van der Waals surface area (Å²) in [7, 11) is 0. The van der Waals surface area contributed by atoms with E-state index in [0.29, 0.717) is 11.3 Å². The third-order valence-corrected chi connectivity index (χ3v) is 5.27. The normalized spacial score (nSPS) is 11.3. The second kappa shape index (κ2) is 9.02. The molecule has 0 aliphatic carbocycles. The van der Waals surface area contributed by atoms with E-state index < -0.39 is 11.7 Å². The molecule has 4 aromatic carbocycles. The fourth-order valence-corrected chi connectivity index (χ4v) is 3.55. The highest BCUT2D eigenvalue weighted by molar-refractivity contribution is 5.65. The Morgan fingerprint density at radius 3 is 1.48 bits per heavy atom. The van der Waals surface area contributed by atoms with Crippen molar-refractivity contribution in [2.75, 3.05) is 0 Å². The van der Waals surface area contributed by atoms with Gasteiger partial charge in [-0.05, 0) is 79.9 Å². The molecule has 0 aliphatic rings. The first-order valence-electron chi connectivity index (χ1n) is 10.5. The third kappa shape index (κ3) is 5.37. The Labute approximate surface area is 191 Å². The topological polar surface area (TPSA) is 18.5 Å². The molecule has 0 saturated heterocycles. The van der Waals surface area contributed by atoms with Crippen LogP contribution in [-0.4, -0.2) is 0 Å². The Morgan fingerprint density at radius 2 is 1.00 bits per heavy atom. The lowest BCUT2D eigenvalue weighted by atomic mass is 10.1. The molecule has 2 nitrogen and oxygen atoms in total. The number of ether oxygens (including phenoxy) is 2. The molecule has 0 atom stereocenters. The fraction of sp³-hybridized carbons (Fsp3) is 0.143. The summed E-state index contributed by atoms with van der Waals surface area (Å²) in [5.74, 6) is 1.66. The summed E-state index contributed by atoms with van der Waals surface area (Å²) >= 11 is 0. The molecule has 5 heteroatoms. The number of alkyl halides is 3. The molecule has 0 N–H and O–H groups in total. The Bertz CT molecular complexity index is 1260. The molecule has 0 bridgehead atoms. The number of benzene rings is 4. The van der Waals surface area contributed by atoms with Gasteiger partial charge < -0.3 is 9.47 Å². The van der Waals surface area contributed by atoms with Crippen LogP contribution in [0.3, 0.4) is 0 Å². The molecular formula is C28H23F3O2. The summed E-state index contributed by atoms with van der Waals surface area (Å²) in [6.45, 7) is 5.67. The maximum Gasteiger partial charge on any atom is 0.419 e. The van der Waals surface area contributed by atoms with E-state index in [1.54, 1.807) is 25.1 Å². The first-order chi connectivity index (χ1) is 15.7. The molecule has 0 saturated carbocycles. The highest BCUT2D eigenvalue weighted by atomic mass is 19.4. The van der Waals surface area contributed by atoms with E-state index in [0.717, 1.165) is 34.3 Å². The van der Waals surface area contributed by atoms with Gasteiger partial charge >= 0.3 is 6.18 Å². The average molecular weight is 448 g/mol. The van der Waals surface area contributed by atoms with Crippen molar-refractivity contribution in [3.63, 3.8) is 0 Å². The van der Waals surface area contributed by atoms with Crippen molar-refractivity contribution in [2.24, 2.45) is 0 Å². The van der Waals surface area contributed by atoms with Crippen molar-refractivity contribution in [2.45, 2.75) is 26.9 Å². The second-order valence-corrected chi connectivity index (χ2v) is 8.02. The van der Waals surface area contributed by atoms with Gasteiger partial charge in [0.15, 0.2) is 0 Å². The predicted molar refractivity (Wildman–Crippen MR) is 124 cm³/mol. The molecule has 0 spiro atoms. The van der Waals surface area contributed by atoms with Crippen LogP contribution in [0.5, 0.6) is 23.0 Å². The minimum Gasteiger partial charge on any atom is -0.457 e. The van der Waals surface area contributed by atoms with Gasteiger partial charge in [-0.2, -0.15) is 13.2 Å². The molecule has 0 aliphatic heterocycles. The molecular weight excluding hydrogens is 425 g/mol. The zero-order valence-electron chi connectivity index (χ0n) is 18.5. The van der Waals surface area contributed by atoms with Crippen LogP contribution in [0.25, 0.3) is 11.1 Å². The van der Waals surface area contributed by atoms with Crippen LogP contribution in [0.15, 0.2) is 84.9 Å². The van der Waals surface area contributed by atoms with Crippen LogP contribution in [-0.2, 0) is 6.18 Å². The zero-order valence-corrected chi connectivity index (χ0v) is 18.5. The van der Waals surface area contributed by atoms with Crippen LogP contribution in [0, 0.1) is 20.8 Å². The minimum atomic E-state index is -4.48. The molecule has 0 unspecified atom stereocenters. The molecule has 0 fully saturated rings. The van der Waals surface area contributed by atoms with E-state index in [1.165, 1.54) is 11.6 Å². The summed E-state index contributed by atoms with van der Waals surface area (Å²) in [5, 5.41) is 0.